The highest BCUT2D eigenvalue weighted by atomic mass is 16.4. The summed E-state index contributed by atoms with van der Waals surface area (Å²) >= 11 is 0. The lowest BCUT2D eigenvalue weighted by atomic mass is 10.1. The molecule has 0 aliphatic carbocycles. The summed E-state index contributed by atoms with van der Waals surface area (Å²) in [5.41, 5.74) is 38.7. The highest BCUT2D eigenvalue weighted by Crippen LogP contribution is 2.04. The molecular weight excluding hydrogens is 828 g/mol. The van der Waals surface area contributed by atoms with E-state index in [1.807, 2.05) is 0 Å². The molecule has 29 heteroatoms. The summed E-state index contributed by atoms with van der Waals surface area (Å²) in [5, 5.41) is 78.2. The maximum Gasteiger partial charge on any atom is 0.322 e. The zero-order valence-corrected chi connectivity index (χ0v) is 34.0. The van der Waals surface area contributed by atoms with Crippen LogP contribution in [0.5, 0.6) is 0 Å². The monoisotopic (exact) mass is 894 g/mol. The number of aliphatic carboxylic acids is 8. The van der Waals surface area contributed by atoms with Crippen molar-refractivity contribution in [2.75, 3.05) is 32.8 Å². The third-order valence-corrected chi connectivity index (χ3v) is 6.62. The van der Waals surface area contributed by atoms with Gasteiger partial charge >= 0.3 is 47.8 Å². The first-order valence-electron chi connectivity index (χ1n) is 17.8. The smallest absolute Gasteiger partial charge is 0.322 e. The van der Waals surface area contributed by atoms with Crippen LogP contribution in [0, 0.1) is 5.92 Å². The lowest BCUT2D eigenvalue weighted by Gasteiger charge is -2.07. The van der Waals surface area contributed by atoms with Gasteiger partial charge in [-0.15, -0.1) is 0 Å². The minimum Gasteiger partial charge on any atom is -0.480 e. The Balaban J connectivity index is -0.000000143. The molecular formula is C32H66N10O19. The molecule has 2 aliphatic rings. The molecule has 29 nitrogen and oxygen atoms in total. The van der Waals surface area contributed by atoms with Gasteiger partial charge in [0.2, 0.25) is 11.8 Å². The number of aliphatic hydroxyl groups is 1. The fraction of sp³-hybridized carbons (Fsp3) is 0.688. The fourth-order valence-corrected chi connectivity index (χ4v) is 3.00. The van der Waals surface area contributed by atoms with Crippen LogP contribution in [-0.2, 0) is 47.9 Å². The van der Waals surface area contributed by atoms with Crippen LogP contribution in [0.2, 0.25) is 0 Å². The molecule has 6 atom stereocenters. The van der Waals surface area contributed by atoms with E-state index in [0.717, 1.165) is 38.8 Å². The van der Waals surface area contributed by atoms with E-state index in [-0.39, 0.29) is 56.8 Å². The number of rotatable bonds is 16. The number of amides is 2. The van der Waals surface area contributed by atoms with E-state index in [9.17, 15) is 47.9 Å². The van der Waals surface area contributed by atoms with E-state index in [0.29, 0.717) is 0 Å². The number of carboxylic acids is 8. The van der Waals surface area contributed by atoms with Crippen LogP contribution in [0.4, 0.5) is 0 Å². The average Bonchev–Trinajstić information content (AvgIpc) is 3.93. The van der Waals surface area contributed by atoms with Crippen LogP contribution in [-0.4, -0.2) is 175 Å². The first kappa shape index (κ1) is 67.1. The van der Waals surface area contributed by atoms with Gasteiger partial charge in [0.25, 0.3) is 0 Å². The number of carboxylic acid groups (broad SMARTS) is 8. The second kappa shape index (κ2) is 42.5. The zero-order valence-electron chi connectivity index (χ0n) is 34.0. The van der Waals surface area contributed by atoms with E-state index in [1.165, 1.54) is 0 Å². The van der Waals surface area contributed by atoms with E-state index in [2.05, 4.69) is 22.1 Å². The van der Waals surface area contributed by atoms with Crippen LogP contribution in [0.1, 0.15) is 65.2 Å². The predicted octanol–water partition coefficient (Wildman–Crippen LogP) is -6.52. The highest BCUT2D eigenvalue weighted by molar-refractivity contribution is 5.78. The summed E-state index contributed by atoms with van der Waals surface area (Å²) in [6.45, 7) is 4.21. The number of primary amides is 2. The number of nitrogens with one attached hydrogen (secondary N) is 2. The maximum atomic E-state index is 10.1. The van der Waals surface area contributed by atoms with Gasteiger partial charge in [0.15, 0.2) is 0 Å². The van der Waals surface area contributed by atoms with Crippen molar-refractivity contribution in [3.8, 4) is 0 Å². The molecule has 0 saturated carbocycles. The Morgan fingerprint density at radius 2 is 0.820 bits per heavy atom. The second-order valence-electron chi connectivity index (χ2n) is 12.3. The van der Waals surface area contributed by atoms with Crippen LogP contribution < -0.4 is 56.5 Å². The highest BCUT2D eigenvalue weighted by Gasteiger charge is 2.21. The molecule has 2 saturated heterocycles. The van der Waals surface area contributed by atoms with Gasteiger partial charge in [-0.05, 0) is 57.5 Å². The van der Waals surface area contributed by atoms with E-state index >= 15 is 0 Å². The summed E-state index contributed by atoms with van der Waals surface area (Å²) in [7, 11) is 0. The van der Waals surface area contributed by atoms with Crippen molar-refractivity contribution in [3.05, 3.63) is 0 Å². The lowest BCUT2D eigenvalue weighted by Crippen LogP contribution is -2.34. The van der Waals surface area contributed by atoms with Crippen molar-refractivity contribution in [3.63, 3.8) is 0 Å². The molecule has 2 fully saturated rings. The van der Waals surface area contributed by atoms with Gasteiger partial charge in [0.05, 0.1) is 19.7 Å². The number of aliphatic hydroxyl groups excluding tert-OH is 1. The molecule has 2 amide bonds. The molecule has 2 aliphatic heterocycles. The summed E-state index contributed by atoms with van der Waals surface area (Å²) in [4.78, 5) is 98.7. The van der Waals surface area contributed by atoms with Crippen LogP contribution in [0.25, 0.3) is 0 Å². The Morgan fingerprint density at radius 3 is 0.902 bits per heavy atom. The van der Waals surface area contributed by atoms with Gasteiger partial charge < -0.3 is 102 Å². The Labute approximate surface area is 350 Å². The van der Waals surface area contributed by atoms with E-state index in [1.54, 1.807) is 13.8 Å². The molecule has 0 aromatic rings. The van der Waals surface area contributed by atoms with E-state index in [4.69, 9.17) is 80.4 Å². The fourth-order valence-electron chi connectivity index (χ4n) is 3.00. The average molecular weight is 895 g/mol. The van der Waals surface area contributed by atoms with Crippen molar-refractivity contribution in [1.82, 2.24) is 10.6 Å². The van der Waals surface area contributed by atoms with Crippen LogP contribution in [0.3, 0.4) is 0 Å². The molecule has 0 radical (unpaired) electrons. The SMILES string of the molecule is CC(C)[C@H](N)C(=O)O.NC(=O)CC[C@H](N)C(=O)O.NC(=O)CC[C@H](N)C(=O)O.NCC(=O)O.NCC(=O)O.N[C@@H](CO)C(=O)O.O=C(O)[C@@H]1CCCN1.O=C(O)[C@@H]1CCCN1. The van der Waals surface area contributed by atoms with Gasteiger partial charge in [0, 0.05) is 12.8 Å². The lowest BCUT2D eigenvalue weighted by molar-refractivity contribution is -0.140. The quantitative estimate of drug-likeness (QED) is 0.0685. The Kier molecular flexibility index (Phi) is 46.7. The summed E-state index contributed by atoms with van der Waals surface area (Å²) < 4.78 is 0. The first-order chi connectivity index (χ1) is 28.0. The second-order valence-corrected chi connectivity index (χ2v) is 12.3. The summed E-state index contributed by atoms with van der Waals surface area (Å²) in [6, 6.07) is -4.33. The van der Waals surface area contributed by atoms with E-state index < -0.39 is 90.3 Å². The molecule has 0 bridgehead atoms. The number of hydrogen-bond donors (Lipinski definition) is 19. The van der Waals surface area contributed by atoms with Crippen molar-refractivity contribution in [2.24, 2.45) is 51.8 Å². The first-order valence-corrected chi connectivity index (χ1v) is 17.8. The number of nitrogens with two attached hydrogens (primary N) is 8. The Bertz CT molecular complexity index is 1210. The number of hydrogen-bond acceptors (Lipinski definition) is 19. The standard InChI is InChI=1S/2C5H10N2O3.2C5H9NO2.C5H11NO2.C3H7NO3.2C2H5NO2/c2*6-3(5(9)10)1-2-4(7)8;2*7-5(8)4-2-1-3-6-4;1-3(2)4(6)5(7)8;4-2(1-5)3(6)7;2*3-1-2(4)5/h2*3H,1-2,6H2,(H2,7,8)(H,9,10);2*4,6H,1-3H2,(H,7,8);3-4H,6H2,1-2H3,(H,7,8);2,5H,1,4H2,(H,6,7);2*1,3H2,(H,4,5)/t2*3-;3*4-;2-;;/m000000../s1. The van der Waals surface area contributed by atoms with Crippen molar-refractivity contribution >= 4 is 59.6 Å². The molecule has 0 aromatic heterocycles. The molecule has 61 heavy (non-hydrogen) atoms. The molecule has 27 N–H and O–H groups in total. The molecule has 2 rings (SSSR count). The van der Waals surface area contributed by atoms with Crippen LogP contribution in [0.15, 0.2) is 0 Å². The number of carbonyl (C=O) groups excluding carboxylic acids is 2. The summed E-state index contributed by atoms with van der Waals surface area (Å²) in [5.74, 6) is -8.74. The Morgan fingerprint density at radius 1 is 0.541 bits per heavy atom. The third kappa shape index (κ3) is 54.3. The van der Waals surface area contributed by atoms with Crippen LogP contribution >= 0.6 is 0 Å². The maximum absolute atomic E-state index is 10.1. The van der Waals surface area contributed by atoms with Gasteiger partial charge in [-0.25, -0.2) is 0 Å². The van der Waals surface area contributed by atoms with Gasteiger partial charge in [-0.1, -0.05) is 13.8 Å². The molecule has 0 unspecified atom stereocenters. The number of carbonyl (C=O) groups is 10. The minimum atomic E-state index is -1.18. The molecule has 0 spiro atoms. The minimum absolute atomic E-state index is 0.0208. The summed E-state index contributed by atoms with van der Waals surface area (Å²) in [6.07, 6.45) is 3.81. The predicted molar refractivity (Wildman–Crippen MR) is 212 cm³/mol. The van der Waals surface area contributed by atoms with Crippen molar-refractivity contribution < 1.29 is 93.9 Å². The zero-order chi connectivity index (χ0) is 49.4. The van der Waals surface area contributed by atoms with Gasteiger partial charge in [0.1, 0.15) is 36.3 Å². The normalized spacial score (nSPS) is 16.1. The molecule has 0 aromatic carbocycles. The van der Waals surface area contributed by atoms with Crippen molar-refractivity contribution in [2.45, 2.75) is 101 Å². The molecule has 358 valence electrons. The largest absolute Gasteiger partial charge is 0.480 e. The molecule has 2 heterocycles. The van der Waals surface area contributed by atoms with Gasteiger partial charge in [-0.3, -0.25) is 47.9 Å². The third-order valence-electron chi connectivity index (χ3n) is 6.62. The topological polar surface area (TPSA) is 585 Å². The van der Waals surface area contributed by atoms with Gasteiger partial charge in [-0.2, -0.15) is 0 Å². The van der Waals surface area contributed by atoms with Crippen molar-refractivity contribution in [1.29, 1.82) is 0 Å². The Hall–Kier alpha value is -5.66.